The molecule has 0 aliphatic heterocycles. The third-order valence-electron chi connectivity index (χ3n) is 7.89. The molecule has 1 aromatic heterocycles. The lowest BCUT2D eigenvalue weighted by Gasteiger charge is -2.36. The SMILES string of the molecule is CC(C)(C)OC(=O)C[C@H]([NH3+])C(=O)C[C@@H](Cc1cc2ccccc2[nH]1)C(=O)NC(C)(C)[C@@H](Cc1ccccc1)C(=O)CCCN=[N+]=[N-]. The number of esters is 1. The summed E-state index contributed by atoms with van der Waals surface area (Å²) < 4.78 is 5.37. The van der Waals surface area contributed by atoms with Crippen molar-refractivity contribution in [3.05, 3.63) is 82.4 Å². The molecule has 11 nitrogen and oxygen atoms in total. The number of carbonyl (C=O) groups excluding carboxylic acids is 4. The van der Waals surface area contributed by atoms with E-state index in [1.54, 1.807) is 20.8 Å². The van der Waals surface area contributed by atoms with Gasteiger partial charge in [0.15, 0.2) is 11.8 Å². The molecule has 0 spiro atoms. The van der Waals surface area contributed by atoms with Crippen LogP contribution in [0.4, 0.5) is 0 Å². The molecule has 0 unspecified atom stereocenters. The van der Waals surface area contributed by atoms with Crippen molar-refractivity contribution in [2.24, 2.45) is 17.0 Å². The maximum absolute atomic E-state index is 14.1. The Kier molecular flexibility index (Phi) is 12.7. The Bertz CT molecular complexity index is 1520. The van der Waals surface area contributed by atoms with Gasteiger partial charge in [-0.2, -0.15) is 0 Å². The summed E-state index contributed by atoms with van der Waals surface area (Å²) in [5.74, 6) is -2.65. The van der Waals surface area contributed by atoms with E-state index in [9.17, 15) is 19.2 Å². The lowest BCUT2D eigenvalue weighted by Crippen LogP contribution is -2.66. The van der Waals surface area contributed by atoms with Gasteiger partial charge in [-0.3, -0.25) is 19.2 Å². The monoisotopic (exact) mass is 631 g/mol. The van der Waals surface area contributed by atoms with Crippen LogP contribution in [0.25, 0.3) is 21.3 Å². The number of nitrogens with one attached hydrogen (secondary N) is 2. The Morgan fingerprint density at radius 3 is 2.28 bits per heavy atom. The highest BCUT2D eigenvalue weighted by Crippen LogP contribution is 2.27. The maximum atomic E-state index is 14.1. The summed E-state index contributed by atoms with van der Waals surface area (Å²) in [6.45, 7) is 9.10. The number of H-pyrrole nitrogens is 1. The highest BCUT2D eigenvalue weighted by atomic mass is 16.6. The van der Waals surface area contributed by atoms with Crippen molar-refractivity contribution in [1.29, 1.82) is 0 Å². The van der Waals surface area contributed by atoms with Crippen molar-refractivity contribution in [1.82, 2.24) is 10.3 Å². The second kappa shape index (κ2) is 16.2. The Balaban J connectivity index is 1.85. The highest BCUT2D eigenvalue weighted by molar-refractivity contribution is 5.92. The molecule has 246 valence electrons. The maximum Gasteiger partial charge on any atom is 0.312 e. The second-order valence-electron chi connectivity index (χ2n) is 13.4. The van der Waals surface area contributed by atoms with Gasteiger partial charge in [-0.05, 0) is 82.5 Å². The molecule has 0 radical (unpaired) electrons. The normalized spacial score (nSPS) is 13.7. The van der Waals surface area contributed by atoms with Gasteiger partial charge in [-0.25, -0.2) is 0 Å². The molecule has 0 fully saturated rings. The topological polar surface area (TPSA) is 182 Å². The van der Waals surface area contributed by atoms with Crippen LogP contribution in [0, 0.1) is 11.8 Å². The van der Waals surface area contributed by atoms with Crippen LogP contribution in [0.2, 0.25) is 0 Å². The number of ketones is 2. The van der Waals surface area contributed by atoms with E-state index < -0.39 is 35.0 Å². The van der Waals surface area contributed by atoms with Crippen LogP contribution in [0.3, 0.4) is 0 Å². The molecule has 46 heavy (non-hydrogen) atoms. The molecule has 1 amide bonds. The Labute approximate surface area is 270 Å². The molecule has 0 bridgehead atoms. The zero-order valence-electron chi connectivity index (χ0n) is 27.5. The molecule has 2 aromatic carbocycles. The van der Waals surface area contributed by atoms with Crippen LogP contribution >= 0.6 is 0 Å². The molecule has 0 saturated heterocycles. The first-order valence-electron chi connectivity index (χ1n) is 15.7. The van der Waals surface area contributed by atoms with E-state index in [0.29, 0.717) is 12.8 Å². The predicted octanol–water partition coefficient (Wildman–Crippen LogP) is 5.04. The molecule has 11 heteroatoms. The number of rotatable bonds is 17. The van der Waals surface area contributed by atoms with E-state index in [2.05, 4.69) is 26.1 Å². The molecular weight excluding hydrogens is 584 g/mol. The van der Waals surface area contributed by atoms with Crippen LogP contribution in [0.1, 0.15) is 71.6 Å². The van der Waals surface area contributed by atoms with Crippen LogP contribution in [-0.2, 0) is 36.8 Å². The number of azide groups is 1. The number of ether oxygens (including phenoxy) is 1. The average molecular weight is 632 g/mol. The van der Waals surface area contributed by atoms with E-state index in [-0.39, 0.29) is 49.7 Å². The quantitative estimate of drug-likeness (QED) is 0.0619. The summed E-state index contributed by atoms with van der Waals surface area (Å²) in [6.07, 6.45) is 0.907. The number of para-hydroxylation sites is 1. The van der Waals surface area contributed by atoms with Gasteiger partial charge in [0.2, 0.25) is 5.91 Å². The Hall–Kier alpha value is -4.47. The van der Waals surface area contributed by atoms with Crippen LogP contribution < -0.4 is 11.1 Å². The summed E-state index contributed by atoms with van der Waals surface area (Å²) in [4.78, 5) is 59.6. The summed E-state index contributed by atoms with van der Waals surface area (Å²) in [5, 5.41) is 7.64. The number of hydrogen-bond acceptors (Lipinski definition) is 6. The number of Topliss-reactive ketones (excluding diaryl/α,β-unsaturated/α-hetero) is 2. The van der Waals surface area contributed by atoms with E-state index in [4.69, 9.17) is 10.3 Å². The first kappa shape index (κ1) is 36.0. The summed E-state index contributed by atoms with van der Waals surface area (Å²) in [5.41, 5.74) is 13.5. The summed E-state index contributed by atoms with van der Waals surface area (Å²) in [6, 6.07) is 18.4. The number of benzene rings is 2. The van der Waals surface area contributed by atoms with E-state index in [1.165, 1.54) is 0 Å². The molecular formula is C35H47N6O5+. The van der Waals surface area contributed by atoms with Gasteiger partial charge in [0.25, 0.3) is 0 Å². The molecule has 1 heterocycles. The second-order valence-corrected chi connectivity index (χ2v) is 13.4. The molecule has 3 atom stereocenters. The van der Waals surface area contributed by atoms with Crippen LogP contribution in [-0.4, -0.2) is 52.2 Å². The third kappa shape index (κ3) is 11.2. The van der Waals surface area contributed by atoms with Gasteiger partial charge in [0.05, 0.1) is 5.92 Å². The van der Waals surface area contributed by atoms with Crippen LogP contribution in [0.5, 0.6) is 0 Å². The van der Waals surface area contributed by atoms with Gasteiger partial charge in [-0.15, -0.1) is 0 Å². The van der Waals surface area contributed by atoms with Gasteiger partial charge < -0.3 is 20.8 Å². The lowest BCUT2D eigenvalue weighted by atomic mass is 9.78. The van der Waals surface area contributed by atoms with Crippen molar-refractivity contribution in [3.8, 4) is 0 Å². The zero-order chi connectivity index (χ0) is 33.9. The fourth-order valence-corrected chi connectivity index (χ4v) is 5.55. The first-order chi connectivity index (χ1) is 21.7. The number of carbonyl (C=O) groups is 4. The molecule has 3 aromatic rings. The van der Waals surface area contributed by atoms with Crippen LogP contribution in [0.15, 0.2) is 65.8 Å². The molecule has 0 saturated carbocycles. The minimum atomic E-state index is -0.982. The van der Waals surface area contributed by atoms with Gasteiger partial charge >= 0.3 is 5.97 Å². The number of nitrogens with zero attached hydrogens (tertiary/aromatic N) is 3. The van der Waals surface area contributed by atoms with Crippen molar-refractivity contribution in [3.63, 3.8) is 0 Å². The third-order valence-corrected chi connectivity index (χ3v) is 7.89. The van der Waals surface area contributed by atoms with Crippen molar-refractivity contribution in [2.75, 3.05) is 6.54 Å². The fraction of sp³-hybridized carbons (Fsp3) is 0.486. The molecule has 0 aliphatic rings. The van der Waals surface area contributed by atoms with Gasteiger partial charge in [0.1, 0.15) is 17.8 Å². The fourth-order valence-electron chi connectivity index (χ4n) is 5.55. The largest absolute Gasteiger partial charge is 0.460 e. The number of hydrogen-bond donors (Lipinski definition) is 3. The van der Waals surface area contributed by atoms with Crippen molar-refractivity contribution in [2.45, 2.75) is 90.3 Å². The van der Waals surface area contributed by atoms with E-state index in [0.717, 1.165) is 22.2 Å². The van der Waals surface area contributed by atoms with Gasteiger partial charge in [-0.1, -0.05) is 53.6 Å². The van der Waals surface area contributed by atoms with Crippen molar-refractivity contribution >= 4 is 34.3 Å². The number of aromatic nitrogens is 1. The Morgan fingerprint density at radius 2 is 1.63 bits per heavy atom. The van der Waals surface area contributed by atoms with Gasteiger partial charge in [0, 0.05) is 47.0 Å². The first-order valence-corrected chi connectivity index (χ1v) is 15.7. The standard InChI is InChI=1S/C35H46N6O5/c1-34(2,3)46-32(44)22-28(36)31(43)21-25(20-26-19-24-14-9-10-15-29(24)39-26)33(45)40-35(4,5)27(18-23-12-7-6-8-13-23)30(42)16-11-17-38-41-37/h6-10,12-15,19,25,27-28,39H,11,16-18,20-22,36H2,1-5H3,(H,40,45)/p+1/t25-,27+,28+/m1/s1. The minimum absolute atomic E-state index is 0.0549. The number of fused-ring (bicyclic) bond motifs is 1. The lowest BCUT2D eigenvalue weighted by molar-refractivity contribution is -0.403. The molecule has 5 N–H and O–H groups in total. The number of amides is 1. The Morgan fingerprint density at radius 1 is 0.957 bits per heavy atom. The summed E-state index contributed by atoms with van der Waals surface area (Å²) >= 11 is 0. The summed E-state index contributed by atoms with van der Waals surface area (Å²) in [7, 11) is 0. The van der Waals surface area contributed by atoms with Crippen molar-refractivity contribution < 1.29 is 29.6 Å². The minimum Gasteiger partial charge on any atom is -0.460 e. The zero-order valence-corrected chi connectivity index (χ0v) is 27.5. The van der Waals surface area contributed by atoms with E-state index >= 15 is 0 Å². The average Bonchev–Trinajstić information content (AvgIpc) is 3.39. The molecule has 3 rings (SSSR count). The smallest absolute Gasteiger partial charge is 0.312 e. The molecule has 0 aliphatic carbocycles. The highest BCUT2D eigenvalue weighted by Gasteiger charge is 2.38. The number of aromatic amines is 1. The number of quaternary nitrogens is 1. The van der Waals surface area contributed by atoms with E-state index in [1.807, 2.05) is 74.5 Å². The predicted molar refractivity (Wildman–Crippen MR) is 176 cm³/mol.